The Labute approximate surface area is 87.1 Å². The minimum atomic E-state index is 0.644. The Morgan fingerprint density at radius 2 is 2.27 bits per heavy atom. The Kier molecular flexibility index (Phi) is 1.81. The predicted octanol–water partition coefficient (Wildman–Crippen LogP) is 2.52. The van der Waals surface area contributed by atoms with Crippen molar-refractivity contribution in [3.63, 3.8) is 0 Å². The molecule has 1 aromatic heterocycles. The van der Waals surface area contributed by atoms with Crippen molar-refractivity contribution in [3.05, 3.63) is 42.3 Å². The van der Waals surface area contributed by atoms with Gasteiger partial charge in [0.1, 0.15) is 11.5 Å². The number of hydrogen-bond acceptors (Lipinski definition) is 2. The van der Waals surface area contributed by atoms with Gasteiger partial charge in [0.25, 0.3) is 0 Å². The zero-order chi connectivity index (χ0) is 10.1. The van der Waals surface area contributed by atoms with Crippen LogP contribution in [0.15, 0.2) is 47.3 Å². The number of nitrogens with zero attached hydrogens (tertiary/aromatic N) is 1. The molecule has 0 aliphatic carbocycles. The van der Waals surface area contributed by atoms with Crippen LogP contribution in [0.2, 0.25) is 0 Å². The summed E-state index contributed by atoms with van der Waals surface area (Å²) in [5, 5.41) is 1.16. The number of hydrogen-bond donors (Lipinski definition) is 1. The molecule has 0 bridgehead atoms. The summed E-state index contributed by atoms with van der Waals surface area (Å²) in [4.78, 5) is 7.21. The fourth-order valence-electron chi connectivity index (χ4n) is 1.64. The molecule has 0 saturated heterocycles. The third-order valence-corrected chi connectivity index (χ3v) is 2.39. The van der Waals surface area contributed by atoms with Crippen molar-refractivity contribution in [2.24, 2.45) is 4.99 Å². The maximum atomic E-state index is 5.68. The van der Waals surface area contributed by atoms with Crippen LogP contribution >= 0.6 is 0 Å². The summed E-state index contributed by atoms with van der Waals surface area (Å²) in [6.45, 7) is 0.644. The van der Waals surface area contributed by atoms with Gasteiger partial charge in [-0.15, -0.1) is 0 Å². The van der Waals surface area contributed by atoms with Crippen LogP contribution in [0, 0.1) is 0 Å². The first kappa shape index (κ1) is 8.29. The Hall–Kier alpha value is -2.03. The van der Waals surface area contributed by atoms with Gasteiger partial charge in [-0.3, -0.25) is 4.99 Å². The smallest absolute Gasteiger partial charge is 0.127 e. The highest BCUT2D eigenvalue weighted by molar-refractivity contribution is 5.81. The molecule has 0 radical (unpaired) electrons. The number of aromatic amines is 1. The van der Waals surface area contributed by atoms with E-state index < -0.39 is 0 Å². The average molecular weight is 198 g/mol. The van der Waals surface area contributed by atoms with Crippen molar-refractivity contribution in [1.82, 2.24) is 4.98 Å². The first-order valence-corrected chi connectivity index (χ1v) is 4.86. The van der Waals surface area contributed by atoms with Gasteiger partial charge in [-0.2, -0.15) is 0 Å². The van der Waals surface area contributed by atoms with Gasteiger partial charge in [0.15, 0.2) is 0 Å². The number of fused-ring (bicyclic) bond motifs is 1. The fraction of sp³-hybridized carbons (Fsp3) is 0.0833. The summed E-state index contributed by atoms with van der Waals surface area (Å²) in [5.74, 6) is 1.75. The van der Waals surface area contributed by atoms with Gasteiger partial charge in [0.05, 0.1) is 6.54 Å². The van der Waals surface area contributed by atoms with Gasteiger partial charge in [-0.25, -0.2) is 0 Å². The number of benzene rings is 1. The molecular formula is C12H10N2O. The second-order valence-electron chi connectivity index (χ2n) is 3.45. The zero-order valence-electron chi connectivity index (χ0n) is 8.10. The van der Waals surface area contributed by atoms with Gasteiger partial charge in [0, 0.05) is 23.3 Å². The minimum Gasteiger partial charge on any atom is -0.460 e. The molecule has 2 heterocycles. The molecule has 3 rings (SSSR count). The lowest BCUT2D eigenvalue weighted by atomic mass is 10.2. The van der Waals surface area contributed by atoms with Gasteiger partial charge < -0.3 is 9.72 Å². The van der Waals surface area contributed by atoms with E-state index in [1.807, 2.05) is 36.5 Å². The molecule has 0 spiro atoms. The summed E-state index contributed by atoms with van der Waals surface area (Å²) >= 11 is 0. The Bertz CT molecular complexity index is 552. The van der Waals surface area contributed by atoms with E-state index in [1.54, 1.807) is 6.21 Å². The van der Waals surface area contributed by atoms with E-state index in [4.69, 9.17) is 4.74 Å². The molecule has 0 unspecified atom stereocenters. The van der Waals surface area contributed by atoms with Crippen LogP contribution in [0.5, 0.6) is 5.75 Å². The van der Waals surface area contributed by atoms with Gasteiger partial charge >= 0.3 is 0 Å². The number of allylic oxidation sites excluding steroid dienone is 1. The average Bonchev–Trinajstić information content (AvgIpc) is 2.87. The van der Waals surface area contributed by atoms with Crippen molar-refractivity contribution in [2.45, 2.75) is 0 Å². The van der Waals surface area contributed by atoms with Gasteiger partial charge in [-0.1, -0.05) is 0 Å². The number of aromatic nitrogens is 1. The van der Waals surface area contributed by atoms with Gasteiger partial charge in [0.2, 0.25) is 0 Å². The molecule has 3 nitrogen and oxygen atoms in total. The van der Waals surface area contributed by atoms with Crippen molar-refractivity contribution in [3.8, 4) is 5.75 Å². The zero-order valence-corrected chi connectivity index (χ0v) is 8.10. The Morgan fingerprint density at radius 1 is 1.27 bits per heavy atom. The van der Waals surface area contributed by atoms with Crippen LogP contribution in [0.1, 0.15) is 0 Å². The van der Waals surface area contributed by atoms with E-state index >= 15 is 0 Å². The molecule has 0 fully saturated rings. The Morgan fingerprint density at radius 3 is 3.13 bits per heavy atom. The normalized spacial score (nSPS) is 14.5. The van der Waals surface area contributed by atoms with Gasteiger partial charge in [-0.05, 0) is 30.3 Å². The maximum Gasteiger partial charge on any atom is 0.127 e. The molecule has 0 atom stereocenters. The first-order valence-electron chi connectivity index (χ1n) is 4.86. The van der Waals surface area contributed by atoms with E-state index in [2.05, 4.69) is 9.98 Å². The van der Waals surface area contributed by atoms with E-state index in [9.17, 15) is 0 Å². The SMILES string of the molecule is C1=NCC(Oc2ccc3[nH]ccc3c2)=C1. The van der Waals surface area contributed by atoms with Crippen LogP contribution in [-0.2, 0) is 0 Å². The van der Waals surface area contributed by atoms with Crippen LogP contribution in [0.25, 0.3) is 10.9 Å². The molecule has 74 valence electrons. The Balaban J connectivity index is 1.90. The standard InChI is InChI=1S/C12H10N2O/c1-2-12-9(3-6-14-12)7-10(1)15-11-4-5-13-8-11/h1-7,14H,8H2. The quantitative estimate of drug-likeness (QED) is 0.791. The summed E-state index contributed by atoms with van der Waals surface area (Å²) < 4.78 is 5.68. The largest absolute Gasteiger partial charge is 0.460 e. The third-order valence-electron chi connectivity index (χ3n) is 2.39. The molecule has 0 amide bonds. The summed E-state index contributed by atoms with van der Waals surface area (Å²) in [5.41, 5.74) is 1.12. The molecule has 1 aliphatic rings. The summed E-state index contributed by atoms with van der Waals surface area (Å²) in [6, 6.07) is 8.02. The topological polar surface area (TPSA) is 37.4 Å². The van der Waals surface area contributed by atoms with Crippen molar-refractivity contribution >= 4 is 17.1 Å². The first-order chi connectivity index (χ1) is 7.42. The van der Waals surface area contributed by atoms with E-state index in [0.717, 1.165) is 22.4 Å². The number of nitrogens with one attached hydrogen (secondary N) is 1. The fourth-order valence-corrected chi connectivity index (χ4v) is 1.64. The molecule has 0 saturated carbocycles. The number of aliphatic imine (C=N–C) groups is 1. The lowest BCUT2D eigenvalue weighted by Gasteiger charge is -2.05. The molecule has 1 N–H and O–H groups in total. The van der Waals surface area contributed by atoms with Crippen LogP contribution in [0.4, 0.5) is 0 Å². The maximum absolute atomic E-state index is 5.68. The highest BCUT2D eigenvalue weighted by Crippen LogP contribution is 2.21. The second kappa shape index (κ2) is 3.28. The predicted molar refractivity (Wildman–Crippen MR) is 60.4 cm³/mol. The third kappa shape index (κ3) is 1.52. The molecule has 15 heavy (non-hydrogen) atoms. The molecule has 1 aromatic carbocycles. The summed E-state index contributed by atoms with van der Waals surface area (Å²) in [7, 11) is 0. The molecule has 3 heteroatoms. The molecular weight excluding hydrogens is 188 g/mol. The molecule has 1 aliphatic heterocycles. The van der Waals surface area contributed by atoms with Crippen LogP contribution in [0.3, 0.4) is 0 Å². The highest BCUT2D eigenvalue weighted by Gasteiger charge is 2.04. The highest BCUT2D eigenvalue weighted by atomic mass is 16.5. The lowest BCUT2D eigenvalue weighted by Crippen LogP contribution is -1.95. The summed E-state index contributed by atoms with van der Waals surface area (Å²) in [6.07, 6.45) is 5.58. The van der Waals surface area contributed by atoms with Crippen molar-refractivity contribution in [1.29, 1.82) is 0 Å². The van der Waals surface area contributed by atoms with E-state index in [-0.39, 0.29) is 0 Å². The van der Waals surface area contributed by atoms with E-state index in [1.165, 1.54) is 0 Å². The lowest BCUT2D eigenvalue weighted by molar-refractivity contribution is 0.423. The minimum absolute atomic E-state index is 0.644. The van der Waals surface area contributed by atoms with E-state index in [0.29, 0.717) is 6.54 Å². The van der Waals surface area contributed by atoms with Crippen LogP contribution in [-0.4, -0.2) is 17.7 Å². The number of ether oxygens (including phenoxy) is 1. The van der Waals surface area contributed by atoms with Crippen molar-refractivity contribution in [2.75, 3.05) is 6.54 Å². The molecule has 2 aromatic rings. The second-order valence-corrected chi connectivity index (χ2v) is 3.45. The van der Waals surface area contributed by atoms with Crippen molar-refractivity contribution < 1.29 is 4.74 Å². The monoisotopic (exact) mass is 198 g/mol. The number of H-pyrrole nitrogens is 1. The number of rotatable bonds is 2. The van der Waals surface area contributed by atoms with Crippen LogP contribution < -0.4 is 4.74 Å².